The van der Waals surface area contributed by atoms with E-state index >= 15 is 0 Å². The number of amides is 1. The molecule has 0 aliphatic heterocycles. The van der Waals surface area contributed by atoms with Gasteiger partial charge in [-0.05, 0) is 37.6 Å². The highest BCUT2D eigenvalue weighted by Crippen LogP contribution is 2.10. The first-order valence-electron chi connectivity index (χ1n) is 5.47. The minimum atomic E-state index is -0.934. The van der Waals surface area contributed by atoms with Gasteiger partial charge in [-0.15, -0.1) is 0 Å². The van der Waals surface area contributed by atoms with Gasteiger partial charge in [0.1, 0.15) is 0 Å². The van der Waals surface area contributed by atoms with Crippen molar-refractivity contribution in [1.82, 2.24) is 4.90 Å². The molecule has 0 heterocycles. The molecule has 0 aliphatic rings. The zero-order valence-corrected chi connectivity index (χ0v) is 10.3. The van der Waals surface area contributed by atoms with E-state index in [1.807, 2.05) is 0 Å². The first-order valence-corrected chi connectivity index (χ1v) is 5.47. The van der Waals surface area contributed by atoms with Crippen LogP contribution in [0.3, 0.4) is 0 Å². The third-order valence-corrected chi connectivity index (χ3v) is 2.73. The summed E-state index contributed by atoms with van der Waals surface area (Å²) in [5.74, 6) is 1.05. The van der Waals surface area contributed by atoms with Gasteiger partial charge in [-0.3, -0.25) is 9.59 Å². The van der Waals surface area contributed by atoms with Crippen molar-refractivity contribution in [2.45, 2.75) is 19.4 Å². The molecule has 0 saturated carbocycles. The molecule has 0 fully saturated rings. The fraction of sp³-hybridized carbons (Fsp3) is 0.286. The third kappa shape index (κ3) is 3.36. The normalized spacial score (nSPS) is 11.4. The second-order valence-electron chi connectivity index (χ2n) is 4.07. The highest BCUT2D eigenvalue weighted by atomic mass is 16.4. The van der Waals surface area contributed by atoms with Crippen molar-refractivity contribution in [2.24, 2.45) is 0 Å². The molecule has 1 N–H and O–H groups in total. The molecule has 0 aliphatic carbocycles. The Morgan fingerprint density at radius 1 is 1.39 bits per heavy atom. The van der Waals surface area contributed by atoms with Gasteiger partial charge in [-0.1, -0.05) is 5.92 Å². The van der Waals surface area contributed by atoms with Crippen molar-refractivity contribution >= 4 is 11.9 Å². The first-order chi connectivity index (χ1) is 8.45. The standard InChI is InChI=1S/C14H14NO3/c1-4-11-5-7-12(8-6-11)14(18)15(3)10(2)9-13(16)17/h5-8,10H,9H2,2-3H3,(H,16,17). The molecular formula is C14H14NO3. The van der Waals surface area contributed by atoms with Crippen LogP contribution < -0.4 is 0 Å². The van der Waals surface area contributed by atoms with Gasteiger partial charge in [0.25, 0.3) is 5.91 Å². The summed E-state index contributed by atoms with van der Waals surface area (Å²) in [6.45, 7) is 1.69. The van der Waals surface area contributed by atoms with Crippen LogP contribution in [0.15, 0.2) is 24.3 Å². The lowest BCUT2D eigenvalue weighted by Crippen LogP contribution is -2.36. The number of rotatable bonds is 4. The van der Waals surface area contributed by atoms with Gasteiger partial charge in [-0.2, -0.15) is 0 Å². The molecule has 18 heavy (non-hydrogen) atoms. The van der Waals surface area contributed by atoms with E-state index in [0.29, 0.717) is 11.1 Å². The maximum atomic E-state index is 12.0. The van der Waals surface area contributed by atoms with Crippen LogP contribution in [-0.2, 0) is 4.79 Å². The number of carboxylic acids is 1. The quantitative estimate of drug-likeness (QED) is 0.818. The fourth-order valence-electron chi connectivity index (χ4n) is 1.49. The molecular weight excluding hydrogens is 230 g/mol. The molecule has 1 unspecified atom stereocenters. The Morgan fingerprint density at radius 3 is 2.39 bits per heavy atom. The Kier molecular flexibility index (Phi) is 4.50. The summed E-state index contributed by atoms with van der Waals surface area (Å²) in [6.07, 6.45) is 6.85. The van der Waals surface area contributed by atoms with E-state index < -0.39 is 5.97 Å². The van der Waals surface area contributed by atoms with Crippen LogP contribution in [-0.4, -0.2) is 35.0 Å². The highest BCUT2D eigenvalue weighted by Gasteiger charge is 2.19. The minimum absolute atomic E-state index is 0.0887. The lowest BCUT2D eigenvalue weighted by molar-refractivity contribution is -0.137. The molecule has 1 radical (unpaired) electrons. The molecule has 0 spiro atoms. The molecule has 1 atom stereocenters. The number of hydrogen-bond donors (Lipinski definition) is 1. The molecule has 0 aromatic heterocycles. The van der Waals surface area contributed by atoms with Gasteiger partial charge in [0, 0.05) is 24.2 Å². The van der Waals surface area contributed by atoms with Crippen LogP contribution in [0.25, 0.3) is 0 Å². The molecule has 4 heteroatoms. The second kappa shape index (κ2) is 5.87. The molecule has 4 nitrogen and oxygen atoms in total. The minimum Gasteiger partial charge on any atom is -0.481 e. The number of nitrogens with zero attached hydrogens (tertiary/aromatic N) is 1. The SMILES string of the molecule is [C]#Cc1ccc(C(=O)N(C)C(C)CC(=O)O)cc1. The number of benzene rings is 1. The number of carboxylic acid groups (broad SMARTS) is 1. The average Bonchev–Trinajstić information content (AvgIpc) is 2.36. The highest BCUT2D eigenvalue weighted by molar-refractivity contribution is 5.94. The van der Waals surface area contributed by atoms with Crippen LogP contribution in [0.4, 0.5) is 0 Å². The van der Waals surface area contributed by atoms with E-state index in [1.54, 1.807) is 38.2 Å². The van der Waals surface area contributed by atoms with Crippen molar-refractivity contribution in [2.75, 3.05) is 7.05 Å². The number of aliphatic carboxylic acids is 1. The Labute approximate surface area is 106 Å². The summed E-state index contributed by atoms with van der Waals surface area (Å²) < 4.78 is 0. The summed E-state index contributed by atoms with van der Waals surface area (Å²) >= 11 is 0. The van der Waals surface area contributed by atoms with E-state index in [0.717, 1.165) is 0 Å². The van der Waals surface area contributed by atoms with Gasteiger partial charge in [-0.25, -0.2) is 0 Å². The van der Waals surface area contributed by atoms with E-state index in [1.165, 1.54) is 4.90 Å². The lowest BCUT2D eigenvalue weighted by atomic mass is 10.1. The summed E-state index contributed by atoms with van der Waals surface area (Å²) in [5, 5.41) is 8.69. The number of hydrogen-bond acceptors (Lipinski definition) is 2. The summed E-state index contributed by atoms with van der Waals surface area (Å²) in [6, 6.07) is 6.07. The zero-order chi connectivity index (χ0) is 13.7. The monoisotopic (exact) mass is 244 g/mol. The molecule has 93 valence electrons. The third-order valence-electron chi connectivity index (χ3n) is 2.73. The van der Waals surface area contributed by atoms with Gasteiger partial charge in [0.2, 0.25) is 0 Å². The van der Waals surface area contributed by atoms with E-state index in [9.17, 15) is 9.59 Å². The summed E-state index contributed by atoms with van der Waals surface area (Å²) in [5.41, 5.74) is 1.06. The molecule has 0 bridgehead atoms. The maximum Gasteiger partial charge on any atom is 0.305 e. The molecule has 1 aromatic rings. The smallest absolute Gasteiger partial charge is 0.305 e. The van der Waals surface area contributed by atoms with Crippen molar-refractivity contribution in [3.8, 4) is 5.92 Å². The van der Waals surface area contributed by atoms with Crippen LogP contribution in [0.1, 0.15) is 29.3 Å². The van der Waals surface area contributed by atoms with E-state index in [2.05, 4.69) is 5.92 Å². The van der Waals surface area contributed by atoms with Gasteiger partial charge in [0.15, 0.2) is 0 Å². The largest absolute Gasteiger partial charge is 0.481 e. The van der Waals surface area contributed by atoms with Gasteiger partial charge >= 0.3 is 5.97 Å². The molecule has 1 aromatic carbocycles. The summed E-state index contributed by atoms with van der Waals surface area (Å²) in [4.78, 5) is 24.0. The Hall–Kier alpha value is -2.28. The van der Waals surface area contributed by atoms with Crippen LogP contribution >= 0.6 is 0 Å². The van der Waals surface area contributed by atoms with Crippen molar-refractivity contribution < 1.29 is 14.7 Å². The van der Waals surface area contributed by atoms with Crippen molar-refractivity contribution in [3.05, 3.63) is 41.8 Å². The molecule has 0 saturated heterocycles. The van der Waals surface area contributed by atoms with E-state index in [4.69, 9.17) is 11.5 Å². The Balaban J connectivity index is 2.79. The van der Waals surface area contributed by atoms with Crippen LogP contribution in [0.5, 0.6) is 0 Å². The Bertz CT molecular complexity index is 485. The lowest BCUT2D eigenvalue weighted by Gasteiger charge is -2.23. The fourth-order valence-corrected chi connectivity index (χ4v) is 1.49. The zero-order valence-electron chi connectivity index (χ0n) is 10.3. The first kappa shape index (κ1) is 13.8. The molecule has 1 rings (SSSR count). The van der Waals surface area contributed by atoms with Gasteiger partial charge in [0.05, 0.1) is 6.42 Å². The second-order valence-corrected chi connectivity index (χ2v) is 4.07. The number of carbonyl (C=O) groups excluding carboxylic acids is 1. The van der Waals surface area contributed by atoms with E-state index in [-0.39, 0.29) is 18.4 Å². The predicted octanol–water partition coefficient (Wildman–Crippen LogP) is 1.56. The number of carbonyl (C=O) groups is 2. The average molecular weight is 244 g/mol. The maximum absolute atomic E-state index is 12.0. The summed E-state index contributed by atoms with van der Waals surface area (Å²) in [7, 11) is 1.58. The van der Waals surface area contributed by atoms with Crippen molar-refractivity contribution in [1.29, 1.82) is 0 Å². The van der Waals surface area contributed by atoms with Crippen LogP contribution in [0.2, 0.25) is 0 Å². The molecule has 1 amide bonds. The Morgan fingerprint density at radius 2 is 1.94 bits per heavy atom. The van der Waals surface area contributed by atoms with Crippen LogP contribution in [0, 0.1) is 12.3 Å². The van der Waals surface area contributed by atoms with Gasteiger partial charge < -0.3 is 10.0 Å². The predicted molar refractivity (Wildman–Crippen MR) is 66.5 cm³/mol. The van der Waals surface area contributed by atoms with Crippen molar-refractivity contribution in [3.63, 3.8) is 0 Å². The topological polar surface area (TPSA) is 57.6 Å².